The minimum atomic E-state index is -1.15. The fourth-order valence-electron chi connectivity index (χ4n) is 1.59. The maximum absolute atomic E-state index is 12.1. The zero-order chi connectivity index (χ0) is 18.3. The Hall–Kier alpha value is -1.60. The van der Waals surface area contributed by atoms with Crippen molar-refractivity contribution in [2.75, 3.05) is 19.8 Å². The van der Waals surface area contributed by atoms with E-state index in [9.17, 15) is 9.59 Å². The minimum Gasteiger partial charge on any atom is -0.480 e. The van der Waals surface area contributed by atoms with Crippen LogP contribution in [0.5, 0.6) is 5.75 Å². The zero-order valence-electron chi connectivity index (χ0n) is 13.1. The summed E-state index contributed by atoms with van der Waals surface area (Å²) in [6.45, 7) is 4.12. The predicted molar refractivity (Wildman–Crippen MR) is 89.8 cm³/mol. The Morgan fingerprint density at radius 3 is 2.54 bits per heavy atom. The van der Waals surface area contributed by atoms with E-state index < -0.39 is 25.3 Å². The number of carbonyl (C=O) groups is 2. The van der Waals surface area contributed by atoms with E-state index in [1.54, 1.807) is 6.92 Å². The summed E-state index contributed by atoms with van der Waals surface area (Å²) in [7, 11) is 0. The topological polar surface area (TPSA) is 93.1 Å². The monoisotopic (exact) mass is 376 g/mol. The van der Waals surface area contributed by atoms with Gasteiger partial charge in [-0.25, -0.2) is 4.79 Å². The normalized spacial score (nSPS) is 11.7. The maximum Gasteiger partial charge on any atom is 0.344 e. The van der Waals surface area contributed by atoms with Gasteiger partial charge in [0.2, 0.25) is 0 Å². The van der Waals surface area contributed by atoms with Gasteiger partial charge in [-0.1, -0.05) is 36.7 Å². The lowest BCUT2D eigenvalue weighted by Gasteiger charge is -2.12. The van der Waals surface area contributed by atoms with Crippen molar-refractivity contribution in [2.24, 2.45) is 0 Å². The summed E-state index contributed by atoms with van der Waals surface area (Å²) in [5.41, 5.74) is 0.599. The molecule has 1 rings (SSSR count). The number of Topliss-reactive ketones (excluding diaryl/α,β-unsaturated/α-hetero) is 1. The smallest absolute Gasteiger partial charge is 0.344 e. The van der Waals surface area contributed by atoms with Crippen LogP contribution in [0.3, 0.4) is 0 Å². The third kappa shape index (κ3) is 5.49. The summed E-state index contributed by atoms with van der Waals surface area (Å²) < 4.78 is 9.88. The second kappa shape index (κ2) is 9.64. The van der Waals surface area contributed by atoms with Gasteiger partial charge in [0, 0.05) is 5.56 Å². The van der Waals surface area contributed by atoms with E-state index in [0.717, 1.165) is 0 Å². The van der Waals surface area contributed by atoms with Gasteiger partial charge in [-0.15, -0.1) is 0 Å². The number of carbonyl (C=O) groups excluding carboxylic acids is 2. The van der Waals surface area contributed by atoms with Gasteiger partial charge in [-0.05, 0) is 24.1 Å². The first kappa shape index (κ1) is 20.4. The van der Waals surface area contributed by atoms with Crippen molar-refractivity contribution in [1.82, 2.24) is 0 Å². The fourth-order valence-corrected chi connectivity index (χ4v) is 2.05. The van der Waals surface area contributed by atoms with Crippen LogP contribution in [-0.2, 0) is 9.53 Å². The van der Waals surface area contributed by atoms with Gasteiger partial charge in [-0.3, -0.25) is 4.79 Å². The second-order valence-corrected chi connectivity index (χ2v) is 5.59. The summed E-state index contributed by atoms with van der Waals surface area (Å²) in [6, 6.07) is 2.85. The SMILES string of the molecule is C=C(CC)C(=O)c1ccc(OCC(=O)OCC(O)CO)c(Cl)c1Cl. The third-order valence-corrected chi connectivity index (χ3v) is 3.90. The van der Waals surface area contributed by atoms with E-state index in [1.807, 2.05) is 0 Å². The number of hydrogen-bond donors (Lipinski definition) is 2. The van der Waals surface area contributed by atoms with Gasteiger partial charge in [-0.2, -0.15) is 0 Å². The molecule has 0 aromatic heterocycles. The Morgan fingerprint density at radius 1 is 1.29 bits per heavy atom. The lowest BCUT2D eigenvalue weighted by atomic mass is 10.0. The van der Waals surface area contributed by atoms with Crippen LogP contribution in [0.2, 0.25) is 10.0 Å². The van der Waals surface area contributed by atoms with E-state index in [-0.39, 0.29) is 33.7 Å². The van der Waals surface area contributed by atoms with Crippen LogP contribution in [-0.4, -0.2) is 47.9 Å². The fraction of sp³-hybridized carbons (Fsp3) is 0.375. The molecule has 2 N–H and O–H groups in total. The van der Waals surface area contributed by atoms with Crippen molar-refractivity contribution in [2.45, 2.75) is 19.4 Å². The molecule has 1 atom stereocenters. The van der Waals surface area contributed by atoms with Gasteiger partial charge < -0.3 is 19.7 Å². The molecular weight excluding hydrogens is 359 g/mol. The third-order valence-electron chi connectivity index (χ3n) is 3.03. The van der Waals surface area contributed by atoms with Crippen molar-refractivity contribution < 1.29 is 29.3 Å². The molecule has 0 aliphatic carbocycles. The lowest BCUT2D eigenvalue weighted by Crippen LogP contribution is -2.24. The highest BCUT2D eigenvalue weighted by Gasteiger charge is 2.18. The molecule has 1 aromatic rings. The number of hydrogen-bond acceptors (Lipinski definition) is 6. The van der Waals surface area contributed by atoms with Gasteiger partial charge in [0.25, 0.3) is 0 Å². The van der Waals surface area contributed by atoms with Crippen molar-refractivity contribution in [3.63, 3.8) is 0 Å². The van der Waals surface area contributed by atoms with Crippen LogP contribution >= 0.6 is 23.2 Å². The molecule has 0 heterocycles. The molecule has 0 radical (unpaired) electrons. The average Bonchev–Trinajstić information content (AvgIpc) is 2.59. The molecule has 1 aromatic carbocycles. The molecule has 0 fully saturated rings. The van der Waals surface area contributed by atoms with Crippen molar-refractivity contribution in [3.05, 3.63) is 39.9 Å². The first-order valence-electron chi connectivity index (χ1n) is 7.09. The van der Waals surface area contributed by atoms with E-state index in [2.05, 4.69) is 11.3 Å². The Labute approximate surface area is 149 Å². The number of halogens is 2. The first-order chi connectivity index (χ1) is 11.3. The van der Waals surface area contributed by atoms with Gasteiger partial charge in [0.05, 0.1) is 11.6 Å². The van der Waals surface area contributed by atoms with E-state index in [1.165, 1.54) is 12.1 Å². The minimum absolute atomic E-state index is 0.00499. The summed E-state index contributed by atoms with van der Waals surface area (Å²) in [6.07, 6.45) is -0.666. The average molecular weight is 377 g/mol. The Balaban J connectivity index is 2.74. The van der Waals surface area contributed by atoms with E-state index in [0.29, 0.717) is 12.0 Å². The number of aliphatic hydroxyl groups excluding tert-OH is 2. The number of rotatable bonds is 9. The summed E-state index contributed by atoms with van der Waals surface area (Å²) in [4.78, 5) is 23.6. The molecule has 0 saturated heterocycles. The van der Waals surface area contributed by atoms with Crippen LogP contribution in [0, 0.1) is 0 Å². The molecule has 0 bridgehead atoms. The number of esters is 1. The highest BCUT2D eigenvalue weighted by molar-refractivity contribution is 6.45. The Bertz CT molecular complexity index is 629. The number of ether oxygens (including phenoxy) is 2. The van der Waals surface area contributed by atoms with E-state index >= 15 is 0 Å². The number of ketones is 1. The van der Waals surface area contributed by atoms with Crippen LogP contribution in [0.4, 0.5) is 0 Å². The van der Waals surface area contributed by atoms with Crippen LogP contribution in [0.15, 0.2) is 24.3 Å². The molecular formula is C16H18Cl2O6. The van der Waals surface area contributed by atoms with Gasteiger partial charge in [0.15, 0.2) is 12.4 Å². The lowest BCUT2D eigenvalue weighted by molar-refractivity contribution is -0.149. The van der Waals surface area contributed by atoms with Crippen molar-refractivity contribution in [3.8, 4) is 5.75 Å². The van der Waals surface area contributed by atoms with Crippen molar-refractivity contribution in [1.29, 1.82) is 0 Å². The van der Waals surface area contributed by atoms with Crippen LogP contribution in [0.25, 0.3) is 0 Å². The molecule has 0 amide bonds. The van der Waals surface area contributed by atoms with Gasteiger partial charge >= 0.3 is 5.97 Å². The molecule has 24 heavy (non-hydrogen) atoms. The Kier molecular flexibility index (Phi) is 8.21. The zero-order valence-corrected chi connectivity index (χ0v) is 14.6. The Morgan fingerprint density at radius 2 is 1.96 bits per heavy atom. The molecule has 1 unspecified atom stereocenters. The molecule has 0 aliphatic rings. The number of allylic oxidation sites excluding steroid dienone is 1. The molecule has 8 heteroatoms. The van der Waals surface area contributed by atoms with E-state index in [4.69, 9.17) is 38.2 Å². The largest absolute Gasteiger partial charge is 0.480 e. The van der Waals surface area contributed by atoms with Crippen LogP contribution < -0.4 is 4.74 Å². The number of benzene rings is 1. The van der Waals surface area contributed by atoms with Crippen LogP contribution in [0.1, 0.15) is 23.7 Å². The molecule has 6 nitrogen and oxygen atoms in total. The summed E-state index contributed by atoms with van der Waals surface area (Å²) >= 11 is 12.1. The first-order valence-corrected chi connectivity index (χ1v) is 7.85. The highest BCUT2D eigenvalue weighted by Crippen LogP contribution is 2.35. The maximum atomic E-state index is 12.1. The number of aliphatic hydroxyl groups is 2. The summed E-state index contributed by atoms with van der Waals surface area (Å²) in [5, 5.41) is 17.7. The van der Waals surface area contributed by atoms with Gasteiger partial charge in [0.1, 0.15) is 23.5 Å². The molecule has 132 valence electrons. The van der Waals surface area contributed by atoms with Crippen molar-refractivity contribution >= 4 is 35.0 Å². The molecule has 0 saturated carbocycles. The molecule has 0 aliphatic heterocycles. The summed E-state index contributed by atoms with van der Waals surface area (Å²) in [5.74, 6) is -0.956. The predicted octanol–water partition coefficient (Wildman–Crippen LogP) is 2.42. The highest BCUT2D eigenvalue weighted by atomic mass is 35.5. The second-order valence-electron chi connectivity index (χ2n) is 4.83. The molecule has 0 spiro atoms. The quantitative estimate of drug-likeness (QED) is 0.390. The standard InChI is InChI=1S/C16H18Cl2O6/c1-3-9(2)16(22)11-4-5-12(15(18)14(11)17)23-8-13(21)24-7-10(20)6-19/h4-5,10,19-20H,2-3,6-8H2,1H3.